The van der Waals surface area contributed by atoms with E-state index in [4.69, 9.17) is 5.73 Å². The van der Waals surface area contributed by atoms with Gasteiger partial charge in [0.05, 0.1) is 22.8 Å². The Kier molecular flexibility index (Phi) is 6.54. The first-order valence-electron chi connectivity index (χ1n) is 10.3. The van der Waals surface area contributed by atoms with E-state index in [9.17, 15) is 20.0 Å². The number of rotatable bonds is 6. The van der Waals surface area contributed by atoms with Gasteiger partial charge in [0.2, 0.25) is 5.91 Å². The molecule has 0 radical (unpaired) electrons. The standard InChI is InChI=1S/C24H27N3O3S/c1-5-15-6-8-16(9-7-15)21-20-13(2)27-23(31-12-19(26)29)18(11-25)17(20)10-24(4,30)22(21)14(3)28/h6-9,21-22,30H,5,10,12H2,1-4H3,(H2,26,29). The molecular formula is C24H27N3O3S. The number of ketones is 1. The van der Waals surface area contributed by atoms with Crippen molar-refractivity contribution in [3.63, 3.8) is 0 Å². The number of nitrogens with two attached hydrogens (primary N) is 1. The van der Waals surface area contributed by atoms with Gasteiger partial charge in [-0.25, -0.2) is 4.98 Å². The molecule has 0 aliphatic heterocycles. The van der Waals surface area contributed by atoms with Gasteiger partial charge in [0.15, 0.2) is 0 Å². The second kappa shape index (κ2) is 8.81. The van der Waals surface area contributed by atoms with Gasteiger partial charge in [-0.05, 0) is 49.4 Å². The molecule has 3 unspecified atom stereocenters. The van der Waals surface area contributed by atoms with E-state index in [0.29, 0.717) is 21.8 Å². The quantitative estimate of drug-likeness (QED) is 0.671. The topological polar surface area (TPSA) is 117 Å². The number of primary amides is 1. The Labute approximate surface area is 186 Å². The second-order valence-corrected chi connectivity index (χ2v) is 9.30. The third-order valence-corrected chi connectivity index (χ3v) is 6.99. The van der Waals surface area contributed by atoms with Crippen LogP contribution < -0.4 is 5.73 Å². The molecule has 1 aromatic heterocycles. The summed E-state index contributed by atoms with van der Waals surface area (Å²) in [5, 5.41) is 21.7. The van der Waals surface area contributed by atoms with Crippen LogP contribution in [0.3, 0.4) is 0 Å². The van der Waals surface area contributed by atoms with Crippen molar-refractivity contribution in [2.45, 2.75) is 57.1 Å². The first kappa shape index (κ1) is 23.0. The Bertz CT molecular complexity index is 1070. The molecule has 2 aromatic rings. The van der Waals surface area contributed by atoms with E-state index >= 15 is 0 Å². The molecule has 1 aliphatic carbocycles. The highest BCUT2D eigenvalue weighted by Gasteiger charge is 2.48. The van der Waals surface area contributed by atoms with Crippen LogP contribution in [-0.2, 0) is 22.4 Å². The minimum absolute atomic E-state index is 0.00821. The largest absolute Gasteiger partial charge is 0.389 e. The van der Waals surface area contributed by atoms with Crippen molar-refractivity contribution in [1.29, 1.82) is 5.26 Å². The fourth-order valence-electron chi connectivity index (χ4n) is 4.69. The molecule has 0 saturated carbocycles. The molecule has 1 aromatic carbocycles. The number of aromatic nitrogens is 1. The van der Waals surface area contributed by atoms with Gasteiger partial charge >= 0.3 is 0 Å². The summed E-state index contributed by atoms with van der Waals surface area (Å²) in [6.07, 6.45) is 1.06. The zero-order chi connectivity index (χ0) is 22.9. The van der Waals surface area contributed by atoms with E-state index in [2.05, 4.69) is 18.0 Å². The Morgan fingerprint density at radius 2 is 2.00 bits per heavy atom. The lowest BCUT2D eigenvalue weighted by Crippen LogP contribution is -2.48. The summed E-state index contributed by atoms with van der Waals surface area (Å²) in [5.74, 6) is -1.68. The van der Waals surface area contributed by atoms with Crippen LogP contribution >= 0.6 is 11.8 Å². The van der Waals surface area contributed by atoms with Crippen molar-refractivity contribution in [1.82, 2.24) is 4.98 Å². The number of amides is 1. The van der Waals surface area contributed by atoms with E-state index in [1.165, 1.54) is 12.5 Å². The first-order valence-corrected chi connectivity index (χ1v) is 11.3. The summed E-state index contributed by atoms with van der Waals surface area (Å²) in [7, 11) is 0. The van der Waals surface area contributed by atoms with Gasteiger partial charge in [0, 0.05) is 18.0 Å². The number of fused-ring (bicyclic) bond motifs is 1. The van der Waals surface area contributed by atoms with E-state index in [-0.39, 0.29) is 18.0 Å². The van der Waals surface area contributed by atoms with Gasteiger partial charge in [0.25, 0.3) is 0 Å². The van der Waals surface area contributed by atoms with Crippen LogP contribution in [0.15, 0.2) is 29.3 Å². The average Bonchev–Trinajstić information content (AvgIpc) is 2.70. The van der Waals surface area contributed by atoms with E-state index in [0.717, 1.165) is 29.3 Å². The normalized spacial score (nSPS) is 22.5. The third-order valence-electron chi connectivity index (χ3n) is 6.00. The first-order chi connectivity index (χ1) is 14.6. The van der Waals surface area contributed by atoms with Gasteiger partial charge in [-0.15, -0.1) is 0 Å². The number of Topliss-reactive ketones (excluding diaryl/α,β-unsaturated/α-hetero) is 1. The molecule has 0 fully saturated rings. The summed E-state index contributed by atoms with van der Waals surface area (Å²) >= 11 is 1.12. The van der Waals surface area contributed by atoms with Crippen molar-refractivity contribution in [3.8, 4) is 6.07 Å². The maximum Gasteiger partial charge on any atom is 0.227 e. The van der Waals surface area contributed by atoms with Crippen LogP contribution in [0.25, 0.3) is 0 Å². The lowest BCUT2D eigenvalue weighted by molar-refractivity contribution is -0.131. The lowest BCUT2D eigenvalue weighted by Gasteiger charge is -2.43. The van der Waals surface area contributed by atoms with Crippen LogP contribution in [0.4, 0.5) is 0 Å². The molecule has 6 nitrogen and oxygen atoms in total. The molecule has 3 atom stereocenters. The molecule has 1 aliphatic rings. The Hall–Kier alpha value is -2.69. The smallest absolute Gasteiger partial charge is 0.227 e. The molecule has 0 saturated heterocycles. The zero-order valence-electron chi connectivity index (χ0n) is 18.2. The van der Waals surface area contributed by atoms with E-state index < -0.39 is 23.3 Å². The van der Waals surface area contributed by atoms with Gasteiger partial charge < -0.3 is 10.8 Å². The van der Waals surface area contributed by atoms with Crippen molar-refractivity contribution < 1.29 is 14.7 Å². The van der Waals surface area contributed by atoms with Crippen molar-refractivity contribution in [3.05, 3.63) is 57.8 Å². The van der Waals surface area contributed by atoms with Crippen molar-refractivity contribution in [2.75, 3.05) is 5.75 Å². The summed E-state index contributed by atoms with van der Waals surface area (Å²) in [5.41, 5.74) is 8.55. The number of hydrogen-bond acceptors (Lipinski definition) is 6. The van der Waals surface area contributed by atoms with Crippen LogP contribution in [-0.4, -0.2) is 33.1 Å². The molecular weight excluding hydrogens is 410 g/mol. The van der Waals surface area contributed by atoms with Crippen LogP contribution in [0.1, 0.15) is 60.2 Å². The number of thioether (sulfide) groups is 1. The number of pyridine rings is 1. The van der Waals surface area contributed by atoms with Crippen LogP contribution in [0, 0.1) is 24.2 Å². The molecule has 3 N–H and O–H groups in total. The minimum Gasteiger partial charge on any atom is -0.389 e. The highest BCUT2D eigenvalue weighted by atomic mass is 32.2. The number of carbonyl (C=O) groups is 2. The number of carbonyl (C=O) groups excluding carboxylic acids is 2. The van der Waals surface area contributed by atoms with Crippen LogP contribution in [0.2, 0.25) is 0 Å². The van der Waals surface area contributed by atoms with Crippen molar-refractivity contribution in [2.24, 2.45) is 11.7 Å². The van der Waals surface area contributed by atoms with E-state index in [1.54, 1.807) is 6.92 Å². The lowest BCUT2D eigenvalue weighted by atomic mass is 9.62. The fourth-order valence-corrected chi connectivity index (χ4v) is 5.49. The number of benzene rings is 1. The summed E-state index contributed by atoms with van der Waals surface area (Å²) < 4.78 is 0. The Morgan fingerprint density at radius 3 is 2.52 bits per heavy atom. The number of aliphatic hydroxyl groups is 1. The van der Waals surface area contributed by atoms with Gasteiger partial charge in [0.1, 0.15) is 16.9 Å². The molecule has 162 valence electrons. The Morgan fingerprint density at radius 1 is 1.35 bits per heavy atom. The van der Waals surface area contributed by atoms with Gasteiger partial charge in [-0.1, -0.05) is 43.0 Å². The molecule has 7 heteroatoms. The molecule has 0 spiro atoms. The number of nitrogens with zero attached hydrogens (tertiary/aromatic N) is 2. The monoisotopic (exact) mass is 437 g/mol. The maximum atomic E-state index is 12.7. The number of aryl methyl sites for hydroxylation is 2. The Balaban J connectivity index is 2.28. The maximum absolute atomic E-state index is 12.7. The second-order valence-electron chi connectivity index (χ2n) is 8.33. The third kappa shape index (κ3) is 4.36. The predicted octanol–water partition coefficient (Wildman–Crippen LogP) is 3.05. The summed E-state index contributed by atoms with van der Waals surface area (Å²) in [6.45, 7) is 7.08. The van der Waals surface area contributed by atoms with Crippen LogP contribution in [0.5, 0.6) is 0 Å². The molecule has 1 heterocycles. The molecule has 3 rings (SSSR count). The zero-order valence-corrected chi connectivity index (χ0v) is 19.0. The summed E-state index contributed by atoms with van der Waals surface area (Å²) in [4.78, 5) is 28.6. The average molecular weight is 438 g/mol. The summed E-state index contributed by atoms with van der Waals surface area (Å²) in [6, 6.07) is 10.3. The highest BCUT2D eigenvalue weighted by Crippen LogP contribution is 2.48. The van der Waals surface area contributed by atoms with Gasteiger partial charge in [-0.3, -0.25) is 9.59 Å². The van der Waals surface area contributed by atoms with Crippen molar-refractivity contribution >= 4 is 23.5 Å². The molecule has 1 amide bonds. The molecule has 31 heavy (non-hydrogen) atoms. The van der Waals surface area contributed by atoms with E-state index in [1.807, 2.05) is 31.2 Å². The molecule has 0 bridgehead atoms. The highest BCUT2D eigenvalue weighted by molar-refractivity contribution is 8.00. The predicted molar refractivity (Wildman–Crippen MR) is 120 cm³/mol. The number of hydrogen-bond donors (Lipinski definition) is 2. The SMILES string of the molecule is CCc1ccc(C2c3c(C)nc(SCC(N)=O)c(C#N)c3CC(C)(O)C2C(C)=O)cc1. The van der Waals surface area contributed by atoms with Gasteiger partial charge in [-0.2, -0.15) is 5.26 Å². The number of nitriles is 1. The fraction of sp³-hybridized carbons (Fsp3) is 0.417. The minimum atomic E-state index is -1.34.